The molecule has 0 spiro atoms. The molecule has 0 N–H and O–H groups in total. The van der Waals surface area contributed by atoms with E-state index in [4.69, 9.17) is 0 Å². The van der Waals surface area contributed by atoms with Gasteiger partial charge in [-0.2, -0.15) is 0 Å². The summed E-state index contributed by atoms with van der Waals surface area (Å²) in [6, 6.07) is 31.9. The molecule has 1 aromatic heterocycles. The van der Waals surface area contributed by atoms with Crippen molar-refractivity contribution in [2.45, 2.75) is 13.3 Å². The van der Waals surface area contributed by atoms with Gasteiger partial charge in [0.2, 0.25) is 0 Å². The van der Waals surface area contributed by atoms with Crippen molar-refractivity contribution in [2.24, 2.45) is 0 Å². The van der Waals surface area contributed by atoms with Gasteiger partial charge in [-0.3, -0.25) is 4.98 Å². The van der Waals surface area contributed by atoms with Gasteiger partial charge in [0.15, 0.2) is 0 Å². The summed E-state index contributed by atoms with van der Waals surface area (Å²) in [4.78, 5) is 4.18. The predicted octanol–water partition coefficient (Wildman–Crippen LogP) is 6.79. The van der Waals surface area contributed by atoms with E-state index in [1.54, 1.807) is 0 Å². The summed E-state index contributed by atoms with van der Waals surface area (Å²) in [5, 5.41) is 6.52. The number of benzene rings is 4. The highest BCUT2D eigenvalue weighted by Gasteiger charge is 1.98. The average Bonchev–Trinajstić information content (AvgIpc) is 2.72. The van der Waals surface area contributed by atoms with Crippen LogP contribution < -0.4 is 0 Å². The molecule has 0 radical (unpaired) electrons. The third-order valence-corrected chi connectivity index (χ3v) is 4.69. The molecular formula is C25H21N. The van der Waals surface area contributed by atoms with E-state index >= 15 is 0 Å². The standard InChI is InChI=1S/C16H14.C9H7N/c1-2-12-7-8-15-10-13-5-3-4-6-14(13)11-16(15)9-12;1-2-6-9-8(4-1)5-3-7-10-9/h3-11H,2H2,1H3;1-7H. The van der Waals surface area contributed by atoms with Crippen LogP contribution in [0.25, 0.3) is 32.4 Å². The van der Waals surface area contributed by atoms with E-state index in [9.17, 15) is 0 Å². The Morgan fingerprint density at radius 1 is 0.577 bits per heavy atom. The van der Waals surface area contributed by atoms with E-state index in [0.717, 1.165) is 11.9 Å². The molecule has 0 atom stereocenters. The summed E-state index contributed by atoms with van der Waals surface area (Å²) in [6.07, 6.45) is 2.91. The largest absolute Gasteiger partial charge is 0.256 e. The van der Waals surface area contributed by atoms with Gasteiger partial charge in [0.05, 0.1) is 5.52 Å². The van der Waals surface area contributed by atoms with Crippen LogP contribution in [0, 0.1) is 0 Å². The molecule has 0 aliphatic rings. The second kappa shape index (κ2) is 7.37. The SMILES string of the molecule is CCc1ccc2cc3ccccc3cc2c1.c1ccc2ncccc2c1. The van der Waals surface area contributed by atoms with Crippen LogP contribution in [0.1, 0.15) is 12.5 Å². The Morgan fingerprint density at radius 2 is 1.19 bits per heavy atom. The lowest BCUT2D eigenvalue weighted by atomic mass is 10.0. The fourth-order valence-electron chi connectivity index (χ4n) is 3.23. The van der Waals surface area contributed by atoms with E-state index in [0.29, 0.717) is 0 Å². The highest BCUT2D eigenvalue weighted by Crippen LogP contribution is 2.23. The van der Waals surface area contributed by atoms with Crippen molar-refractivity contribution in [3.05, 3.63) is 103 Å². The summed E-state index contributed by atoms with van der Waals surface area (Å²) >= 11 is 0. The number of fused-ring (bicyclic) bond motifs is 3. The molecule has 4 aromatic carbocycles. The second-order valence-electron chi connectivity index (χ2n) is 6.43. The van der Waals surface area contributed by atoms with Gasteiger partial charge in [-0.05, 0) is 57.8 Å². The highest BCUT2D eigenvalue weighted by molar-refractivity contribution is 5.98. The first-order valence-electron chi connectivity index (χ1n) is 9.05. The molecule has 126 valence electrons. The Labute approximate surface area is 153 Å². The first-order valence-corrected chi connectivity index (χ1v) is 9.05. The minimum atomic E-state index is 1.06. The van der Waals surface area contributed by atoms with Gasteiger partial charge in [0, 0.05) is 11.6 Å². The number of aryl methyl sites for hydroxylation is 1. The molecule has 0 aliphatic heterocycles. The first-order chi connectivity index (χ1) is 12.8. The molecule has 1 nitrogen and oxygen atoms in total. The third kappa shape index (κ3) is 3.43. The zero-order valence-corrected chi connectivity index (χ0v) is 14.9. The van der Waals surface area contributed by atoms with Crippen LogP contribution in [0.2, 0.25) is 0 Å². The highest BCUT2D eigenvalue weighted by atomic mass is 14.6. The van der Waals surface area contributed by atoms with E-state index in [-0.39, 0.29) is 0 Å². The molecule has 0 saturated heterocycles. The lowest BCUT2D eigenvalue weighted by Crippen LogP contribution is -1.81. The van der Waals surface area contributed by atoms with Gasteiger partial charge in [-0.1, -0.05) is 73.7 Å². The zero-order chi connectivity index (χ0) is 17.8. The van der Waals surface area contributed by atoms with Gasteiger partial charge in [0.25, 0.3) is 0 Å². The molecule has 1 heterocycles. The van der Waals surface area contributed by atoms with Crippen molar-refractivity contribution >= 4 is 32.4 Å². The fourth-order valence-corrected chi connectivity index (χ4v) is 3.23. The summed E-state index contributed by atoms with van der Waals surface area (Å²) in [7, 11) is 0. The predicted molar refractivity (Wildman–Crippen MR) is 113 cm³/mol. The Kier molecular flexibility index (Phi) is 4.61. The van der Waals surface area contributed by atoms with Crippen LogP contribution in [-0.2, 0) is 6.42 Å². The second-order valence-corrected chi connectivity index (χ2v) is 6.43. The first kappa shape index (κ1) is 16.3. The minimum absolute atomic E-state index is 1.06. The Bertz CT molecular complexity index is 1110. The molecule has 0 saturated carbocycles. The molecular weight excluding hydrogens is 314 g/mol. The summed E-state index contributed by atoms with van der Waals surface area (Å²) in [6.45, 7) is 2.20. The molecule has 26 heavy (non-hydrogen) atoms. The molecule has 0 bridgehead atoms. The van der Waals surface area contributed by atoms with Crippen molar-refractivity contribution in [1.82, 2.24) is 4.98 Å². The lowest BCUT2D eigenvalue weighted by molar-refractivity contribution is 1.15. The number of pyridine rings is 1. The van der Waals surface area contributed by atoms with Crippen molar-refractivity contribution in [2.75, 3.05) is 0 Å². The van der Waals surface area contributed by atoms with E-state index < -0.39 is 0 Å². The quantitative estimate of drug-likeness (QED) is 0.307. The fraction of sp³-hybridized carbons (Fsp3) is 0.0800. The normalized spacial score (nSPS) is 10.7. The van der Waals surface area contributed by atoms with Crippen molar-refractivity contribution in [3.8, 4) is 0 Å². The van der Waals surface area contributed by atoms with Gasteiger partial charge < -0.3 is 0 Å². The number of hydrogen-bond donors (Lipinski definition) is 0. The molecule has 0 amide bonds. The maximum absolute atomic E-state index is 4.18. The smallest absolute Gasteiger partial charge is 0.0701 e. The Balaban J connectivity index is 0.000000144. The molecule has 0 unspecified atom stereocenters. The van der Waals surface area contributed by atoms with Gasteiger partial charge in [0.1, 0.15) is 0 Å². The molecule has 5 aromatic rings. The van der Waals surface area contributed by atoms with Crippen LogP contribution in [0.5, 0.6) is 0 Å². The molecule has 1 heteroatoms. The number of nitrogens with zero attached hydrogens (tertiary/aromatic N) is 1. The molecule has 0 fully saturated rings. The summed E-state index contributed by atoms with van der Waals surface area (Å²) in [5.74, 6) is 0. The third-order valence-electron chi connectivity index (χ3n) is 4.69. The van der Waals surface area contributed by atoms with E-state index in [1.807, 2.05) is 30.5 Å². The summed E-state index contributed by atoms with van der Waals surface area (Å²) < 4.78 is 0. The number of para-hydroxylation sites is 1. The van der Waals surface area contributed by atoms with Gasteiger partial charge in [-0.15, -0.1) is 0 Å². The van der Waals surface area contributed by atoms with E-state index in [1.165, 1.54) is 32.5 Å². The number of rotatable bonds is 1. The Hall–Kier alpha value is -3.19. The lowest BCUT2D eigenvalue weighted by Gasteiger charge is -2.04. The van der Waals surface area contributed by atoms with E-state index in [2.05, 4.69) is 78.6 Å². The maximum atomic E-state index is 4.18. The Morgan fingerprint density at radius 3 is 1.92 bits per heavy atom. The van der Waals surface area contributed by atoms with Gasteiger partial charge in [-0.25, -0.2) is 0 Å². The van der Waals surface area contributed by atoms with Crippen LogP contribution in [0.15, 0.2) is 97.2 Å². The van der Waals surface area contributed by atoms with Gasteiger partial charge >= 0.3 is 0 Å². The molecule has 0 aliphatic carbocycles. The maximum Gasteiger partial charge on any atom is 0.0701 e. The minimum Gasteiger partial charge on any atom is -0.256 e. The van der Waals surface area contributed by atoms with Crippen molar-refractivity contribution in [3.63, 3.8) is 0 Å². The van der Waals surface area contributed by atoms with Crippen LogP contribution in [0.4, 0.5) is 0 Å². The van der Waals surface area contributed by atoms with Crippen molar-refractivity contribution < 1.29 is 0 Å². The zero-order valence-electron chi connectivity index (χ0n) is 14.9. The molecule has 5 rings (SSSR count). The summed E-state index contributed by atoms with van der Waals surface area (Å²) in [5.41, 5.74) is 2.47. The van der Waals surface area contributed by atoms with Crippen LogP contribution in [0.3, 0.4) is 0 Å². The van der Waals surface area contributed by atoms with Crippen molar-refractivity contribution in [1.29, 1.82) is 0 Å². The topological polar surface area (TPSA) is 12.9 Å². The van der Waals surface area contributed by atoms with Crippen LogP contribution in [-0.4, -0.2) is 4.98 Å². The number of aromatic nitrogens is 1. The average molecular weight is 335 g/mol. The number of hydrogen-bond acceptors (Lipinski definition) is 1. The monoisotopic (exact) mass is 335 g/mol. The van der Waals surface area contributed by atoms with Crippen LogP contribution >= 0.6 is 0 Å².